The number of carbonyl (C=O) groups excluding carboxylic acids is 1. The van der Waals surface area contributed by atoms with Gasteiger partial charge in [0.25, 0.3) is 5.91 Å². The van der Waals surface area contributed by atoms with Crippen molar-refractivity contribution in [3.63, 3.8) is 0 Å². The quantitative estimate of drug-likeness (QED) is 0.502. The van der Waals surface area contributed by atoms with Crippen LogP contribution in [-0.2, 0) is 6.42 Å². The first-order valence-corrected chi connectivity index (χ1v) is 11.3. The monoisotopic (exact) mass is 437 g/mol. The molecule has 0 bridgehead atoms. The Labute approximate surface area is 191 Å². The molecule has 0 spiro atoms. The number of nitrogens with one attached hydrogen (secondary N) is 2. The maximum absolute atomic E-state index is 12.0. The summed E-state index contributed by atoms with van der Waals surface area (Å²) in [5, 5.41) is 7.12. The van der Waals surface area contributed by atoms with Crippen molar-refractivity contribution in [3.05, 3.63) is 66.0 Å². The number of nitrogens with zero attached hydrogens (tertiary/aromatic N) is 5. The summed E-state index contributed by atoms with van der Waals surface area (Å²) in [4.78, 5) is 32.6. The number of hydrogen-bond acceptors (Lipinski definition) is 7. The second kappa shape index (κ2) is 8.12. The predicted octanol–water partition coefficient (Wildman–Crippen LogP) is 3.72. The van der Waals surface area contributed by atoms with Gasteiger partial charge in [0.1, 0.15) is 0 Å². The lowest BCUT2D eigenvalue weighted by Gasteiger charge is -2.17. The molecule has 0 aliphatic carbocycles. The molecule has 2 aliphatic heterocycles. The maximum atomic E-state index is 12.0. The second-order valence-electron chi connectivity index (χ2n) is 8.41. The van der Waals surface area contributed by atoms with E-state index >= 15 is 0 Å². The van der Waals surface area contributed by atoms with Crippen molar-refractivity contribution in [2.24, 2.45) is 0 Å². The molecular formula is C25H23N7O. The highest BCUT2D eigenvalue weighted by molar-refractivity contribution is 5.97. The molecular weight excluding hydrogens is 414 g/mol. The van der Waals surface area contributed by atoms with Gasteiger partial charge in [-0.1, -0.05) is 6.07 Å². The van der Waals surface area contributed by atoms with E-state index in [1.165, 1.54) is 12.8 Å². The Balaban J connectivity index is 1.26. The lowest BCUT2D eigenvalue weighted by atomic mass is 10.00. The summed E-state index contributed by atoms with van der Waals surface area (Å²) in [6.07, 6.45) is 6.85. The topological polar surface area (TPSA) is 95.9 Å². The molecule has 8 heteroatoms. The minimum atomic E-state index is -0.0196. The maximum Gasteiger partial charge on any atom is 0.251 e. The van der Waals surface area contributed by atoms with Crippen LogP contribution in [0.5, 0.6) is 0 Å². The van der Waals surface area contributed by atoms with Crippen molar-refractivity contribution in [2.75, 3.05) is 29.9 Å². The van der Waals surface area contributed by atoms with Crippen LogP contribution in [0.4, 0.5) is 17.6 Å². The van der Waals surface area contributed by atoms with Gasteiger partial charge in [0.15, 0.2) is 0 Å². The summed E-state index contributed by atoms with van der Waals surface area (Å²) in [6, 6.07) is 13.7. The molecule has 6 rings (SSSR count). The van der Waals surface area contributed by atoms with Crippen LogP contribution in [0.1, 0.15) is 28.8 Å². The number of fused-ring (bicyclic) bond motifs is 2. The molecule has 4 heterocycles. The molecule has 2 aliphatic rings. The highest BCUT2D eigenvalue weighted by Crippen LogP contribution is 2.26. The van der Waals surface area contributed by atoms with Crippen molar-refractivity contribution in [3.8, 4) is 11.3 Å². The summed E-state index contributed by atoms with van der Waals surface area (Å²) < 4.78 is 0. The number of hydrogen-bond donors (Lipinski definition) is 2. The van der Waals surface area contributed by atoms with E-state index in [0.717, 1.165) is 64.4 Å². The summed E-state index contributed by atoms with van der Waals surface area (Å²) in [6.45, 7) is 2.71. The van der Waals surface area contributed by atoms with E-state index in [9.17, 15) is 4.79 Å². The van der Waals surface area contributed by atoms with Gasteiger partial charge in [-0.15, -0.1) is 0 Å². The molecule has 0 radical (unpaired) electrons. The van der Waals surface area contributed by atoms with E-state index in [1.807, 2.05) is 42.6 Å². The molecule has 164 valence electrons. The summed E-state index contributed by atoms with van der Waals surface area (Å²) >= 11 is 0. The Kier molecular flexibility index (Phi) is 4.83. The molecule has 0 unspecified atom stereocenters. The van der Waals surface area contributed by atoms with Crippen LogP contribution >= 0.6 is 0 Å². The van der Waals surface area contributed by atoms with Gasteiger partial charge in [0.2, 0.25) is 11.9 Å². The first-order chi connectivity index (χ1) is 16.2. The first kappa shape index (κ1) is 19.6. The van der Waals surface area contributed by atoms with Crippen molar-refractivity contribution in [1.82, 2.24) is 25.3 Å². The Morgan fingerprint density at radius 1 is 0.970 bits per heavy atom. The largest absolute Gasteiger partial charge is 0.352 e. The zero-order valence-electron chi connectivity index (χ0n) is 18.1. The number of amides is 1. The van der Waals surface area contributed by atoms with E-state index in [1.54, 1.807) is 6.20 Å². The van der Waals surface area contributed by atoms with Crippen LogP contribution in [0.3, 0.4) is 0 Å². The second-order valence-corrected chi connectivity index (χ2v) is 8.41. The molecule has 1 fully saturated rings. The van der Waals surface area contributed by atoms with Crippen molar-refractivity contribution >= 4 is 34.4 Å². The predicted molar refractivity (Wildman–Crippen MR) is 128 cm³/mol. The van der Waals surface area contributed by atoms with Crippen LogP contribution < -0.4 is 15.5 Å². The molecule has 1 saturated heterocycles. The molecule has 33 heavy (non-hydrogen) atoms. The van der Waals surface area contributed by atoms with Gasteiger partial charge in [-0.05, 0) is 61.2 Å². The molecule has 4 aromatic rings. The third-order valence-electron chi connectivity index (χ3n) is 6.19. The molecule has 0 atom stereocenters. The van der Waals surface area contributed by atoms with Crippen molar-refractivity contribution in [1.29, 1.82) is 0 Å². The van der Waals surface area contributed by atoms with Crippen LogP contribution in [-0.4, -0.2) is 45.5 Å². The van der Waals surface area contributed by atoms with Gasteiger partial charge in [-0.2, -0.15) is 0 Å². The molecule has 0 saturated carbocycles. The van der Waals surface area contributed by atoms with E-state index in [4.69, 9.17) is 9.97 Å². The Hall–Kier alpha value is -4.07. The standard InChI is InChI=1S/C25H23N7O/c33-23-20-5-4-19(14-16(20)7-9-26-23)29-24-27-10-8-22(30-24)17-3-6-21-18(13-17)15-28-25(31-21)32-11-1-2-12-32/h3-6,8,10,13-15H,1-2,7,9,11-12H2,(H,26,33)(H,27,29,30). The van der Waals surface area contributed by atoms with E-state index in [-0.39, 0.29) is 5.91 Å². The number of anilines is 3. The van der Waals surface area contributed by atoms with Gasteiger partial charge in [0, 0.05) is 54.2 Å². The summed E-state index contributed by atoms with van der Waals surface area (Å²) in [7, 11) is 0. The minimum absolute atomic E-state index is 0.0196. The van der Waals surface area contributed by atoms with Crippen molar-refractivity contribution in [2.45, 2.75) is 19.3 Å². The Bertz CT molecular complexity index is 1360. The van der Waals surface area contributed by atoms with E-state index in [2.05, 4.69) is 31.6 Å². The lowest BCUT2D eigenvalue weighted by Crippen LogP contribution is -2.31. The highest BCUT2D eigenvalue weighted by atomic mass is 16.1. The van der Waals surface area contributed by atoms with Crippen LogP contribution in [0.2, 0.25) is 0 Å². The Morgan fingerprint density at radius 2 is 1.88 bits per heavy atom. The molecule has 8 nitrogen and oxygen atoms in total. The fourth-order valence-electron chi connectivity index (χ4n) is 4.47. The fraction of sp³-hybridized carbons (Fsp3) is 0.240. The number of aromatic nitrogens is 4. The number of carbonyl (C=O) groups is 1. The van der Waals surface area contributed by atoms with Crippen LogP contribution in [0.15, 0.2) is 54.9 Å². The van der Waals surface area contributed by atoms with E-state index < -0.39 is 0 Å². The third-order valence-corrected chi connectivity index (χ3v) is 6.19. The smallest absolute Gasteiger partial charge is 0.251 e. The summed E-state index contributed by atoms with van der Waals surface area (Å²) in [5.74, 6) is 1.30. The van der Waals surface area contributed by atoms with Crippen LogP contribution in [0, 0.1) is 0 Å². The number of benzene rings is 2. The zero-order chi connectivity index (χ0) is 22.2. The first-order valence-electron chi connectivity index (χ1n) is 11.3. The van der Waals surface area contributed by atoms with Gasteiger partial charge >= 0.3 is 0 Å². The fourth-order valence-corrected chi connectivity index (χ4v) is 4.47. The molecule has 2 aromatic heterocycles. The molecule has 2 aromatic carbocycles. The van der Waals surface area contributed by atoms with Gasteiger partial charge in [0.05, 0.1) is 11.2 Å². The normalized spacial score (nSPS) is 15.4. The average molecular weight is 438 g/mol. The average Bonchev–Trinajstić information content (AvgIpc) is 3.39. The van der Waals surface area contributed by atoms with E-state index in [0.29, 0.717) is 12.5 Å². The van der Waals surface area contributed by atoms with Gasteiger partial charge < -0.3 is 15.5 Å². The van der Waals surface area contributed by atoms with Crippen LogP contribution in [0.25, 0.3) is 22.2 Å². The highest BCUT2D eigenvalue weighted by Gasteiger charge is 2.17. The van der Waals surface area contributed by atoms with Crippen molar-refractivity contribution < 1.29 is 4.79 Å². The minimum Gasteiger partial charge on any atom is -0.352 e. The molecule has 2 N–H and O–H groups in total. The number of rotatable bonds is 4. The van der Waals surface area contributed by atoms with Gasteiger partial charge in [-0.25, -0.2) is 19.9 Å². The summed E-state index contributed by atoms with van der Waals surface area (Å²) in [5.41, 5.74) is 5.35. The Morgan fingerprint density at radius 3 is 2.79 bits per heavy atom. The molecule has 1 amide bonds. The lowest BCUT2D eigenvalue weighted by molar-refractivity contribution is 0.0946. The SMILES string of the molecule is O=C1NCCc2cc(Nc3nccc(-c4ccc5nc(N6CCCC6)ncc5c4)n3)ccc21. The van der Waals surface area contributed by atoms with Gasteiger partial charge in [-0.3, -0.25) is 4.79 Å². The third kappa shape index (κ3) is 3.84. The zero-order valence-corrected chi connectivity index (χ0v) is 18.1.